The monoisotopic (exact) mass is 337 g/mol. The van der Waals surface area contributed by atoms with E-state index in [2.05, 4.69) is 66.3 Å². The molecular weight excluding hydrogens is 310 g/mol. The molecule has 0 heterocycles. The van der Waals surface area contributed by atoms with E-state index in [9.17, 15) is 0 Å². The van der Waals surface area contributed by atoms with Gasteiger partial charge in [-0.1, -0.05) is 67.7 Å². The van der Waals surface area contributed by atoms with Crippen LogP contribution in [0.5, 0.6) is 0 Å². The fourth-order valence-electron chi connectivity index (χ4n) is 3.79. The lowest BCUT2D eigenvalue weighted by molar-refractivity contribution is 0.0987. The first-order valence-corrected chi connectivity index (χ1v) is 8.80. The molecule has 0 bridgehead atoms. The van der Waals surface area contributed by atoms with E-state index in [4.69, 9.17) is 0 Å². The Balaban J connectivity index is 2.16. The molecular formula is C18H28BrN. The Labute approximate surface area is 132 Å². The SMILES string of the molecule is CCNC(Cc1ccccc1Br)C1CCCCC1(C)C. The van der Waals surface area contributed by atoms with Crippen LogP contribution in [0.1, 0.15) is 52.0 Å². The molecule has 112 valence electrons. The normalized spacial score (nSPS) is 23.5. The molecule has 2 heteroatoms. The van der Waals surface area contributed by atoms with Crippen molar-refractivity contribution < 1.29 is 0 Å². The van der Waals surface area contributed by atoms with E-state index in [0.717, 1.165) is 18.9 Å². The van der Waals surface area contributed by atoms with E-state index in [0.29, 0.717) is 11.5 Å². The topological polar surface area (TPSA) is 12.0 Å². The van der Waals surface area contributed by atoms with Gasteiger partial charge < -0.3 is 5.32 Å². The van der Waals surface area contributed by atoms with Crippen molar-refractivity contribution in [1.29, 1.82) is 0 Å². The van der Waals surface area contributed by atoms with Crippen molar-refractivity contribution in [2.45, 2.75) is 58.9 Å². The zero-order valence-electron chi connectivity index (χ0n) is 13.1. The molecule has 2 atom stereocenters. The van der Waals surface area contributed by atoms with Crippen LogP contribution in [0.15, 0.2) is 28.7 Å². The van der Waals surface area contributed by atoms with Gasteiger partial charge in [0.2, 0.25) is 0 Å². The average Bonchev–Trinajstić information content (AvgIpc) is 2.40. The van der Waals surface area contributed by atoms with E-state index < -0.39 is 0 Å². The summed E-state index contributed by atoms with van der Waals surface area (Å²) in [5.74, 6) is 0.781. The molecule has 1 aliphatic carbocycles. The molecule has 0 aromatic heterocycles. The largest absolute Gasteiger partial charge is 0.314 e. The lowest BCUT2D eigenvalue weighted by Crippen LogP contribution is -2.46. The summed E-state index contributed by atoms with van der Waals surface area (Å²) >= 11 is 3.70. The van der Waals surface area contributed by atoms with Crippen LogP contribution in [0.2, 0.25) is 0 Å². The molecule has 1 saturated carbocycles. The molecule has 1 aromatic rings. The summed E-state index contributed by atoms with van der Waals surface area (Å²) in [4.78, 5) is 0. The molecule has 2 unspecified atom stereocenters. The highest BCUT2D eigenvalue weighted by molar-refractivity contribution is 9.10. The first-order chi connectivity index (χ1) is 9.54. The minimum absolute atomic E-state index is 0.465. The van der Waals surface area contributed by atoms with Crippen molar-refractivity contribution in [3.8, 4) is 0 Å². The standard InChI is InChI=1S/C18H28BrN/c1-4-20-17(13-14-9-5-6-11-16(14)19)15-10-7-8-12-18(15,2)3/h5-6,9,11,15,17,20H,4,7-8,10,12-13H2,1-3H3. The van der Waals surface area contributed by atoms with Crippen LogP contribution in [0, 0.1) is 11.3 Å². The maximum Gasteiger partial charge on any atom is 0.0207 e. The van der Waals surface area contributed by atoms with Crippen LogP contribution < -0.4 is 5.32 Å². The van der Waals surface area contributed by atoms with Crippen LogP contribution in [0.4, 0.5) is 0 Å². The molecule has 1 nitrogen and oxygen atoms in total. The first kappa shape index (κ1) is 16.0. The van der Waals surface area contributed by atoms with Gasteiger partial charge in [-0.15, -0.1) is 0 Å². The number of benzene rings is 1. The van der Waals surface area contributed by atoms with Gasteiger partial charge in [-0.25, -0.2) is 0 Å². The van der Waals surface area contributed by atoms with Crippen molar-refractivity contribution in [3.05, 3.63) is 34.3 Å². The number of halogens is 1. The fourth-order valence-corrected chi connectivity index (χ4v) is 4.23. The summed E-state index contributed by atoms with van der Waals surface area (Å²) in [6, 6.07) is 9.25. The van der Waals surface area contributed by atoms with E-state index in [1.54, 1.807) is 0 Å². The first-order valence-electron chi connectivity index (χ1n) is 8.01. The van der Waals surface area contributed by atoms with E-state index in [1.807, 2.05) is 0 Å². The van der Waals surface area contributed by atoms with E-state index >= 15 is 0 Å². The lowest BCUT2D eigenvalue weighted by atomic mass is 9.65. The maximum absolute atomic E-state index is 3.76. The Morgan fingerprint density at radius 1 is 1.30 bits per heavy atom. The highest BCUT2D eigenvalue weighted by Gasteiger charge is 2.37. The van der Waals surface area contributed by atoms with Crippen molar-refractivity contribution in [3.63, 3.8) is 0 Å². The Kier molecular flexibility index (Phi) is 5.68. The third-order valence-electron chi connectivity index (χ3n) is 4.94. The molecule has 0 saturated heterocycles. The van der Waals surface area contributed by atoms with Gasteiger partial charge in [0.25, 0.3) is 0 Å². The van der Waals surface area contributed by atoms with Crippen molar-refractivity contribution in [2.75, 3.05) is 6.54 Å². The minimum atomic E-state index is 0.465. The van der Waals surface area contributed by atoms with Gasteiger partial charge in [-0.05, 0) is 48.8 Å². The van der Waals surface area contributed by atoms with Gasteiger partial charge in [0.15, 0.2) is 0 Å². The maximum atomic E-state index is 3.76. The summed E-state index contributed by atoms with van der Waals surface area (Å²) in [6.45, 7) is 8.20. The third-order valence-corrected chi connectivity index (χ3v) is 5.71. The Morgan fingerprint density at radius 2 is 2.05 bits per heavy atom. The van der Waals surface area contributed by atoms with Crippen LogP contribution in [0.25, 0.3) is 0 Å². The summed E-state index contributed by atoms with van der Waals surface area (Å²) in [5.41, 5.74) is 1.90. The van der Waals surface area contributed by atoms with Gasteiger partial charge in [-0.3, -0.25) is 0 Å². The van der Waals surface area contributed by atoms with Crippen LogP contribution >= 0.6 is 15.9 Å². The fraction of sp³-hybridized carbons (Fsp3) is 0.667. The number of hydrogen-bond acceptors (Lipinski definition) is 1. The highest BCUT2D eigenvalue weighted by Crippen LogP contribution is 2.43. The smallest absolute Gasteiger partial charge is 0.0207 e. The predicted octanol–water partition coefficient (Wildman–Crippen LogP) is 5.19. The van der Waals surface area contributed by atoms with E-state index in [1.165, 1.54) is 35.7 Å². The number of likely N-dealkylation sites (N-methyl/N-ethyl adjacent to an activating group) is 1. The van der Waals surface area contributed by atoms with Crippen molar-refractivity contribution in [2.24, 2.45) is 11.3 Å². The number of hydrogen-bond donors (Lipinski definition) is 1. The second-order valence-electron chi connectivity index (χ2n) is 6.80. The Hall–Kier alpha value is -0.340. The van der Waals surface area contributed by atoms with Gasteiger partial charge in [0.05, 0.1) is 0 Å². The molecule has 2 rings (SSSR count). The van der Waals surface area contributed by atoms with Crippen LogP contribution in [0.3, 0.4) is 0 Å². The summed E-state index contributed by atoms with van der Waals surface area (Å²) in [5, 5.41) is 3.76. The Bertz CT molecular complexity index is 427. The lowest BCUT2D eigenvalue weighted by Gasteiger charge is -2.43. The minimum Gasteiger partial charge on any atom is -0.314 e. The van der Waals surface area contributed by atoms with Crippen molar-refractivity contribution in [1.82, 2.24) is 5.32 Å². The zero-order chi connectivity index (χ0) is 14.6. The molecule has 0 amide bonds. The summed E-state index contributed by atoms with van der Waals surface area (Å²) in [6.07, 6.45) is 6.66. The summed E-state index contributed by atoms with van der Waals surface area (Å²) < 4.78 is 1.25. The van der Waals surface area contributed by atoms with E-state index in [-0.39, 0.29) is 0 Å². The molecule has 0 radical (unpaired) electrons. The van der Waals surface area contributed by atoms with Crippen LogP contribution in [-0.2, 0) is 6.42 Å². The molecule has 1 aliphatic rings. The number of rotatable bonds is 5. The second-order valence-corrected chi connectivity index (χ2v) is 7.65. The quantitative estimate of drug-likeness (QED) is 0.779. The van der Waals surface area contributed by atoms with Gasteiger partial charge in [-0.2, -0.15) is 0 Å². The van der Waals surface area contributed by atoms with Crippen LogP contribution in [-0.4, -0.2) is 12.6 Å². The average molecular weight is 338 g/mol. The highest BCUT2D eigenvalue weighted by atomic mass is 79.9. The van der Waals surface area contributed by atoms with Gasteiger partial charge in [0, 0.05) is 10.5 Å². The second kappa shape index (κ2) is 7.09. The molecule has 0 spiro atoms. The molecule has 1 aromatic carbocycles. The van der Waals surface area contributed by atoms with Crippen molar-refractivity contribution >= 4 is 15.9 Å². The molecule has 1 N–H and O–H groups in total. The van der Waals surface area contributed by atoms with Gasteiger partial charge >= 0.3 is 0 Å². The predicted molar refractivity (Wildman–Crippen MR) is 91.0 cm³/mol. The summed E-state index contributed by atoms with van der Waals surface area (Å²) in [7, 11) is 0. The Morgan fingerprint density at radius 3 is 2.70 bits per heavy atom. The molecule has 0 aliphatic heterocycles. The molecule has 1 fully saturated rings. The van der Waals surface area contributed by atoms with Gasteiger partial charge in [0.1, 0.15) is 0 Å². The molecule has 20 heavy (non-hydrogen) atoms. The third kappa shape index (κ3) is 3.85. The number of nitrogens with one attached hydrogen (secondary N) is 1. The zero-order valence-corrected chi connectivity index (χ0v) is 14.7.